The van der Waals surface area contributed by atoms with Crippen LogP contribution in [-0.4, -0.2) is 46.2 Å². The van der Waals surface area contributed by atoms with Gasteiger partial charge in [-0.15, -0.1) is 11.8 Å². The van der Waals surface area contributed by atoms with Crippen molar-refractivity contribution in [1.82, 2.24) is 4.90 Å². The summed E-state index contributed by atoms with van der Waals surface area (Å²) >= 11 is 2.02. The van der Waals surface area contributed by atoms with E-state index in [-0.39, 0.29) is 6.10 Å². The van der Waals surface area contributed by atoms with E-state index in [0.29, 0.717) is 10.00 Å². The van der Waals surface area contributed by atoms with Crippen LogP contribution in [0, 0.1) is 0 Å². The zero-order valence-corrected chi connectivity index (χ0v) is 9.31. The summed E-state index contributed by atoms with van der Waals surface area (Å²) in [5, 5.41) is 10.2. The lowest BCUT2D eigenvalue weighted by atomic mass is 9.90. The largest absolute Gasteiger partial charge is 0.392 e. The Hall–Kier alpha value is 0.270. The van der Waals surface area contributed by atoms with Crippen molar-refractivity contribution in [3.05, 3.63) is 0 Å². The van der Waals surface area contributed by atoms with Crippen LogP contribution in [0.1, 0.15) is 26.2 Å². The minimum Gasteiger partial charge on any atom is -0.392 e. The quantitative estimate of drug-likeness (QED) is 0.640. The fourth-order valence-corrected chi connectivity index (χ4v) is 4.14. The van der Waals surface area contributed by atoms with E-state index >= 15 is 0 Å². The molecule has 76 valence electrons. The molecule has 13 heavy (non-hydrogen) atoms. The summed E-state index contributed by atoms with van der Waals surface area (Å²) in [5.74, 6) is 0. The molecule has 2 aliphatic heterocycles. The summed E-state index contributed by atoms with van der Waals surface area (Å²) in [4.78, 5) is 2.39. The van der Waals surface area contributed by atoms with Crippen LogP contribution in [0.5, 0.6) is 0 Å². The predicted octanol–water partition coefficient (Wildman–Crippen LogP) is 1.34. The molecule has 2 atom stereocenters. The highest BCUT2D eigenvalue weighted by Crippen LogP contribution is 2.49. The number of nitrogens with zero attached hydrogens (tertiary/aromatic N) is 1. The van der Waals surface area contributed by atoms with E-state index in [1.807, 2.05) is 11.8 Å². The van der Waals surface area contributed by atoms with Gasteiger partial charge < -0.3 is 10.0 Å². The van der Waals surface area contributed by atoms with E-state index in [9.17, 15) is 5.11 Å². The molecule has 2 fully saturated rings. The second kappa shape index (κ2) is 3.44. The lowest BCUT2D eigenvalue weighted by molar-refractivity contribution is 0.144. The first-order chi connectivity index (χ1) is 6.11. The number of hydrogen-bond acceptors (Lipinski definition) is 3. The monoisotopic (exact) mass is 201 g/mol. The Balaban J connectivity index is 1.99. The first-order valence-electron chi connectivity index (χ1n) is 5.16. The van der Waals surface area contributed by atoms with E-state index in [2.05, 4.69) is 18.9 Å². The predicted molar refractivity (Wildman–Crippen MR) is 57.1 cm³/mol. The molecule has 2 rings (SSSR count). The van der Waals surface area contributed by atoms with Gasteiger partial charge in [-0.1, -0.05) is 6.92 Å². The maximum Gasteiger partial charge on any atom is 0.0669 e. The third-order valence-corrected chi connectivity index (χ3v) is 5.22. The molecule has 0 aromatic rings. The van der Waals surface area contributed by atoms with E-state index < -0.39 is 0 Å². The van der Waals surface area contributed by atoms with Gasteiger partial charge in [0.1, 0.15) is 0 Å². The number of hydrogen-bond donors (Lipinski definition) is 1. The summed E-state index contributed by atoms with van der Waals surface area (Å²) in [7, 11) is 2.19. The van der Waals surface area contributed by atoms with Crippen LogP contribution in [0.25, 0.3) is 0 Å². The van der Waals surface area contributed by atoms with Gasteiger partial charge in [0.05, 0.1) is 6.10 Å². The molecule has 0 aromatic carbocycles. The van der Waals surface area contributed by atoms with Gasteiger partial charge in [-0.3, -0.25) is 0 Å². The molecule has 2 unspecified atom stereocenters. The molecular formula is C10H19NOS. The van der Waals surface area contributed by atoms with Crippen LogP contribution in [0.3, 0.4) is 0 Å². The minimum absolute atomic E-state index is 0.0617. The topological polar surface area (TPSA) is 23.5 Å². The van der Waals surface area contributed by atoms with Gasteiger partial charge in [-0.2, -0.15) is 0 Å². The molecule has 2 nitrogen and oxygen atoms in total. The number of piperidine rings is 1. The number of rotatable bonds is 0. The van der Waals surface area contributed by atoms with Crippen molar-refractivity contribution >= 4 is 11.8 Å². The second-order valence-corrected chi connectivity index (χ2v) is 6.43. The highest BCUT2D eigenvalue weighted by atomic mass is 32.2. The average molecular weight is 201 g/mol. The van der Waals surface area contributed by atoms with Crippen LogP contribution >= 0.6 is 11.8 Å². The molecule has 0 bridgehead atoms. The van der Waals surface area contributed by atoms with Crippen molar-refractivity contribution in [3.63, 3.8) is 0 Å². The van der Waals surface area contributed by atoms with Crippen LogP contribution in [0.4, 0.5) is 0 Å². The minimum atomic E-state index is -0.0617. The van der Waals surface area contributed by atoms with Crippen LogP contribution < -0.4 is 0 Å². The van der Waals surface area contributed by atoms with Crippen molar-refractivity contribution in [2.45, 2.75) is 42.3 Å². The summed E-state index contributed by atoms with van der Waals surface area (Å²) in [5.41, 5.74) is 0. The SMILES string of the molecule is CC1SC2(CCN(C)CC2)CC1O. The van der Waals surface area contributed by atoms with Crippen molar-refractivity contribution < 1.29 is 5.11 Å². The first-order valence-corrected chi connectivity index (χ1v) is 6.04. The van der Waals surface area contributed by atoms with E-state index in [1.54, 1.807) is 0 Å². The first kappa shape index (κ1) is 9.81. The van der Waals surface area contributed by atoms with Gasteiger partial charge in [-0.05, 0) is 39.4 Å². The smallest absolute Gasteiger partial charge is 0.0669 e. The lowest BCUT2D eigenvalue weighted by Gasteiger charge is -2.37. The third-order valence-electron chi connectivity index (χ3n) is 3.46. The van der Waals surface area contributed by atoms with E-state index in [4.69, 9.17) is 0 Å². The Morgan fingerprint density at radius 2 is 2.00 bits per heavy atom. The van der Waals surface area contributed by atoms with Crippen molar-refractivity contribution in [3.8, 4) is 0 Å². The molecule has 0 saturated carbocycles. The molecule has 0 aliphatic carbocycles. The fraction of sp³-hybridized carbons (Fsp3) is 1.00. The molecule has 2 aliphatic rings. The summed E-state index contributed by atoms with van der Waals surface area (Å²) in [6.45, 7) is 4.56. The van der Waals surface area contributed by atoms with Gasteiger partial charge in [-0.25, -0.2) is 0 Å². The van der Waals surface area contributed by atoms with E-state index in [1.165, 1.54) is 25.9 Å². The lowest BCUT2D eigenvalue weighted by Crippen LogP contribution is -2.39. The summed E-state index contributed by atoms with van der Waals surface area (Å²) in [6, 6.07) is 0. The van der Waals surface area contributed by atoms with Gasteiger partial charge in [0.25, 0.3) is 0 Å². The highest BCUT2D eigenvalue weighted by Gasteiger charge is 2.44. The van der Waals surface area contributed by atoms with Gasteiger partial charge >= 0.3 is 0 Å². The zero-order chi connectivity index (χ0) is 9.47. The van der Waals surface area contributed by atoms with Crippen LogP contribution in [0.15, 0.2) is 0 Å². The average Bonchev–Trinajstić information content (AvgIpc) is 2.36. The molecule has 0 aromatic heterocycles. The Kier molecular flexibility index (Phi) is 2.60. The van der Waals surface area contributed by atoms with Crippen LogP contribution in [-0.2, 0) is 0 Å². The zero-order valence-electron chi connectivity index (χ0n) is 8.49. The maximum atomic E-state index is 9.75. The van der Waals surface area contributed by atoms with Gasteiger partial charge in [0.15, 0.2) is 0 Å². The van der Waals surface area contributed by atoms with Gasteiger partial charge in [0, 0.05) is 10.00 Å². The number of likely N-dealkylation sites (tertiary alicyclic amines) is 1. The Labute approximate surface area is 84.7 Å². The summed E-state index contributed by atoms with van der Waals surface area (Å²) in [6.07, 6.45) is 3.48. The Morgan fingerprint density at radius 1 is 1.38 bits per heavy atom. The molecule has 0 radical (unpaired) electrons. The molecule has 1 N–H and O–H groups in total. The van der Waals surface area contributed by atoms with Crippen molar-refractivity contribution in [2.75, 3.05) is 20.1 Å². The fourth-order valence-electron chi connectivity index (χ4n) is 2.42. The highest BCUT2D eigenvalue weighted by molar-refractivity contribution is 8.01. The molecule has 3 heteroatoms. The van der Waals surface area contributed by atoms with Gasteiger partial charge in [0.2, 0.25) is 0 Å². The molecule has 0 amide bonds. The standard InChI is InChI=1S/C10H19NOS/c1-8-9(12)7-10(13-8)3-5-11(2)6-4-10/h8-9,12H,3-7H2,1-2H3. The number of aliphatic hydroxyl groups is 1. The van der Waals surface area contributed by atoms with Crippen molar-refractivity contribution in [1.29, 1.82) is 0 Å². The number of aliphatic hydroxyl groups excluding tert-OH is 1. The van der Waals surface area contributed by atoms with Crippen LogP contribution in [0.2, 0.25) is 0 Å². The van der Waals surface area contributed by atoms with Crippen molar-refractivity contribution in [2.24, 2.45) is 0 Å². The Morgan fingerprint density at radius 3 is 2.46 bits per heavy atom. The maximum absolute atomic E-state index is 9.75. The summed E-state index contributed by atoms with van der Waals surface area (Å²) < 4.78 is 0.422. The normalized spacial score (nSPS) is 39.9. The second-order valence-electron chi connectivity index (χ2n) is 4.58. The molecular weight excluding hydrogens is 182 g/mol. The van der Waals surface area contributed by atoms with E-state index in [0.717, 1.165) is 6.42 Å². The molecule has 1 spiro atoms. The molecule has 2 heterocycles. The number of thioether (sulfide) groups is 1. The molecule has 2 saturated heterocycles. The third kappa shape index (κ3) is 1.88. The Bertz CT molecular complexity index is 177.